The molecule has 1 rings (SSSR count). The fourth-order valence-corrected chi connectivity index (χ4v) is 2.56. The Morgan fingerprint density at radius 1 is 1.14 bits per heavy atom. The first kappa shape index (κ1) is 18.7. The molecule has 4 nitrogen and oxygen atoms in total. The second kappa shape index (κ2) is 10.4. The summed E-state index contributed by atoms with van der Waals surface area (Å²) in [5, 5.41) is 10.1. The van der Waals surface area contributed by atoms with Gasteiger partial charge in [-0.05, 0) is 37.1 Å². The van der Waals surface area contributed by atoms with Crippen LogP contribution in [-0.2, 0) is 0 Å². The first-order valence-electron chi connectivity index (χ1n) is 8.38. The number of nitrogens with one attached hydrogen (secondary N) is 1. The fourth-order valence-electron chi connectivity index (χ4n) is 2.56. The minimum atomic E-state index is -0.468. The Morgan fingerprint density at radius 3 is 2.23 bits per heavy atom. The van der Waals surface area contributed by atoms with E-state index in [-0.39, 0.29) is 12.4 Å². The van der Waals surface area contributed by atoms with Gasteiger partial charge in [0.1, 0.15) is 25.0 Å². The van der Waals surface area contributed by atoms with Crippen LogP contribution in [0.4, 0.5) is 0 Å². The van der Waals surface area contributed by atoms with Gasteiger partial charge in [0.2, 0.25) is 0 Å². The molecule has 0 spiro atoms. The van der Waals surface area contributed by atoms with Crippen molar-refractivity contribution in [2.45, 2.75) is 46.1 Å². The monoisotopic (exact) mass is 308 g/mol. The molecule has 4 heteroatoms. The zero-order chi connectivity index (χ0) is 16.4. The second-order valence-corrected chi connectivity index (χ2v) is 5.72. The van der Waals surface area contributed by atoms with E-state index in [9.17, 15) is 9.90 Å². The topological polar surface area (TPSA) is 51.0 Å². The van der Waals surface area contributed by atoms with E-state index in [1.807, 2.05) is 6.92 Å². The highest BCUT2D eigenvalue weighted by Gasteiger charge is 2.14. The summed E-state index contributed by atoms with van der Waals surface area (Å²) in [6.07, 6.45) is 2.28. The van der Waals surface area contributed by atoms with Gasteiger partial charge in [-0.1, -0.05) is 20.8 Å². The smallest absolute Gasteiger partial charge is 0.162 e. The van der Waals surface area contributed by atoms with E-state index < -0.39 is 6.10 Å². The Hall–Kier alpha value is -1.39. The highest BCUT2D eigenvalue weighted by Crippen LogP contribution is 2.13. The summed E-state index contributed by atoms with van der Waals surface area (Å²) in [5.74, 6) is 0.823. The Labute approximate surface area is 134 Å². The van der Waals surface area contributed by atoms with Crippen molar-refractivity contribution < 1.29 is 19.5 Å². The van der Waals surface area contributed by atoms with Gasteiger partial charge in [-0.2, -0.15) is 0 Å². The molecule has 0 aliphatic rings. The van der Waals surface area contributed by atoms with Crippen LogP contribution in [0.25, 0.3) is 0 Å². The quantitative estimate of drug-likeness (QED) is 0.612. The van der Waals surface area contributed by atoms with Gasteiger partial charge >= 0.3 is 0 Å². The predicted octanol–water partition coefficient (Wildman–Crippen LogP) is 1.72. The van der Waals surface area contributed by atoms with Crippen LogP contribution < -0.4 is 9.64 Å². The Morgan fingerprint density at radius 2 is 1.73 bits per heavy atom. The molecule has 124 valence electrons. The molecule has 0 unspecified atom stereocenters. The maximum absolute atomic E-state index is 11.6. The van der Waals surface area contributed by atoms with E-state index in [2.05, 4.69) is 13.8 Å². The third-order valence-corrected chi connectivity index (χ3v) is 3.67. The number of Topliss-reactive ketones (excluding diaryl/α,β-unsaturated/α-hetero) is 1. The molecule has 0 radical (unpaired) electrons. The van der Waals surface area contributed by atoms with Crippen LogP contribution in [-0.4, -0.2) is 43.2 Å². The van der Waals surface area contributed by atoms with Crippen molar-refractivity contribution in [3.8, 4) is 5.75 Å². The molecule has 0 aliphatic carbocycles. The van der Waals surface area contributed by atoms with Crippen LogP contribution in [0.2, 0.25) is 0 Å². The molecular formula is C18H30NO3+. The van der Waals surface area contributed by atoms with Crippen molar-refractivity contribution in [3.63, 3.8) is 0 Å². The van der Waals surface area contributed by atoms with Gasteiger partial charge in [0.15, 0.2) is 5.78 Å². The van der Waals surface area contributed by atoms with E-state index >= 15 is 0 Å². The Balaban J connectivity index is 2.42. The Bertz CT molecular complexity index is 424. The standard InChI is InChI=1S/C18H29NO3/c1-4-11-19(12-5-2)13-16(20)14-22-17-9-7-15(8-10-17)18(21)6-3/h7-10,16,20H,4-6,11-14H2,1-3H3/p+1/t16-/m0/s1. The lowest BCUT2D eigenvalue weighted by Gasteiger charge is -2.21. The van der Waals surface area contributed by atoms with Gasteiger partial charge in [0, 0.05) is 12.0 Å². The number of aliphatic hydroxyl groups excluding tert-OH is 1. The van der Waals surface area contributed by atoms with Crippen molar-refractivity contribution in [3.05, 3.63) is 29.8 Å². The highest BCUT2D eigenvalue weighted by atomic mass is 16.5. The number of quaternary nitrogens is 1. The van der Waals surface area contributed by atoms with Gasteiger partial charge in [0.25, 0.3) is 0 Å². The SMILES string of the molecule is CCC[NH+](CCC)C[C@H](O)COc1ccc(C(=O)CC)cc1. The molecule has 0 heterocycles. The van der Waals surface area contributed by atoms with Crippen LogP contribution in [0.3, 0.4) is 0 Å². The summed E-state index contributed by atoms with van der Waals surface area (Å²) < 4.78 is 5.62. The first-order valence-corrected chi connectivity index (χ1v) is 8.38. The van der Waals surface area contributed by atoms with Crippen LogP contribution in [0.5, 0.6) is 5.75 Å². The first-order chi connectivity index (χ1) is 10.6. The number of carbonyl (C=O) groups excluding carboxylic acids is 1. The van der Waals surface area contributed by atoms with Crippen LogP contribution in [0.1, 0.15) is 50.4 Å². The molecule has 22 heavy (non-hydrogen) atoms. The van der Waals surface area contributed by atoms with Gasteiger partial charge in [-0.25, -0.2) is 0 Å². The number of carbonyl (C=O) groups is 1. The van der Waals surface area contributed by atoms with Crippen molar-refractivity contribution in [1.29, 1.82) is 0 Å². The molecule has 2 N–H and O–H groups in total. The molecule has 0 saturated heterocycles. The molecule has 0 fully saturated rings. The molecule has 1 aromatic carbocycles. The summed E-state index contributed by atoms with van der Waals surface area (Å²) in [4.78, 5) is 13.0. The summed E-state index contributed by atoms with van der Waals surface area (Å²) in [6, 6.07) is 7.13. The summed E-state index contributed by atoms with van der Waals surface area (Å²) in [5.41, 5.74) is 0.705. The molecule has 0 aromatic heterocycles. The maximum Gasteiger partial charge on any atom is 0.162 e. The summed E-state index contributed by atoms with van der Waals surface area (Å²) >= 11 is 0. The average Bonchev–Trinajstić information content (AvgIpc) is 2.53. The van der Waals surface area contributed by atoms with Crippen molar-refractivity contribution >= 4 is 5.78 Å². The largest absolute Gasteiger partial charge is 0.491 e. The van der Waals surface area contributed by atoms with Crippen molar-refractivity contribution in [2.75, 3.05) is 26.2 Å². The Kier molecular flexibility index (Phi) is 8.78. The summed E-state index contributed by atoms with van der Waals surface area (Å²) in [6.45, 7) is 9.35. The van der Waals surface area contributed by atoms with E-state index in [1.165, 1.54) is 4.90 Å². The minimum absolute atomic E-state index is 0.130. The highest BCUT2D eigenvalue weighted by molar-refractivity contribution is 5.95. The second-order valence-electron chi connectivity index (χ2n) is 5.72. The minimum Gasteiger partial charge on any atom is -0.491 e. The number of ether oxygens (including phenoxy) is 1. The van der Waals surface area contributed by atoms with Crippen molar-refractivity contribution in [1.82, 2.24) is 0 Å². The number of benzene rings is 1. The van der Waals surface area contributed by atoms with E-state index in [0.29, 0.717) is 24.3 Å². The molecule has 1 atom stereocenters. The zero-order valence-corrected chi connectivity index (χ0v) is 14.1. The van der Waals surface area contributed by atoms with E-state index in [0.717, 1.165) is 25.9 Å². The van der Waals surface area contributed by atoms with Crippen LogP contribution in [0.15, 0.2) is 24.3 Å². The molecular weight excluding hydrogens is 278 g/mol. The lowest BCUT2D eigenvalue weighted by Crippen LogP contribution is -3.13. The molecule has 0 bridgehead atoms. The molecule has 1 aromatic rings. The van der Waals surface area contributed by atoms with Gasteiger partial charge in [0.05, 0.1) is 13.1 Å². The third kappa shape index (κ3) is 6.58. The maximum atomic E-state index is 11.6. The lowest BCUT2D eigenvalue weighted by molar-refractivity contribution is -0.903. The van der Waals surface area contributed by atoms with Gasteiger partial charge < -0.3 is 14.7 Å². The van der Waals surface area contributed by atoms with Crippen LogP contribution in [0, 0.1) is 0 Å². The third-order valence-electron chi connectivity index (χ3n) is 3.67. The summed E-state index contributed by atoms with van der Waals surface area (Å²) in [7, 11) is 0. The van der Waals surface area contributed by atoms with Crippen LogP contribution >= 0.6 is 0 Å². The fraction of sp³-hybridized carbons (Fsp3) is 0.611. The van der Waals surface area contributed by atoms with Crippen molar-refractivity contribution in [2.24, 2.45) is 0 Å². The average molecular weight is 308 g/mol. The number of aliphatic hydroxyl groups is 1. The predicted molar refractivity (Wildman–Crippen MR) is 88.7 cm³/mol. The van der Waals surface area contributed by atoms with Gasteiger partial charge in [-0.3, -0.25) is 4.79 Å². The number of hydrogen-bond acceptors (Lipinski definition) is 3. The molecule has 0 saturated carbocycles. The van der Waals surface area contributed by atoms with E-state index in [1.54, 1.807) is 24.3 Å². The zero-order valence-electron chi connectivity index (χ0n) is 14.1. The normalized spacial score (nSPS) is 12.4. The molecule has 0 amide bonds. The number of rotatable bonds is 11. The number of ketones is 1. The van der Waals surface area contributed by atoms with E-state index in [4.69, 9.17) is 4.74 Å². The lowest BCUT2D eigenvalue weighted by atomic mass is 10.1. The molecule has 0 aliphatic heterocycles. The number of hydrogen-bond donors (Lipinski definition) is 2. The van der Waals surface area contributed by atoms with Gasteiger partial charge in [-0.15, -0.1) is 0 Å².